The Hall–Kier alpha value is -0.610. The largest absolute Gasteiger partial charge is 0.506 e. The lowest BCUT2D eigenvalue weighted by Gasteiger charge is -1.94. The van der Waals surface area contributed by atoms with Crippen molar-refractivity contribution in [2.45, 2.75) is 0 Å². The summed E-state index contributed by atoms with van der Waals surface area (Å²) in [6, 6.07) is 4.73. The predicted molar refractivity (Wildman–Crippen MR) is 51.1 cm³/mol. The molecule has 62 valence electrons. The third-order valence-electron chi connectivity index (χ3n) is 1.53. The molecule has 0 radical (unpaired) electrons. The summed E-state index contributed by atoms with van der Waals surface area (Å²) in [5.74, 6) is 0.119. The number of benzene rings is 1. The fourth-order valence-corrected chi connectivity index (χ4v) is 2.31. The molecule has 0 aliphatic heterocycles. The molecule has 0 unspecified atom stereocenters. The summed E-state index contributed by atoms with van der Waals surface area (Å²) in [4.78, 5) is 0. The van der Waals surface area contributed by atoms with Gasteiger partial charge >= 0.3 is 0 Å². The van der Waals surface area contributed by atoms with E-state index in [9.17, 15) is 9.50 Å². The minimum atomic E-state index is -0.279. The zero-order chi connectivity index (χ0) is 8.72. The van der Waals surface area contributed by atoms with Crippen LogP contribution in [0.15, 0.2) is 22.7 Å². The van der Waals surface area contributed by atoms with E-state index in [1.165, 1.54) is 6.07 Å². The van der Waals surface area contributed by atoms with E-state index in [1.807, 2.05) is 0 Å². The van der Waals surface area contributed by atoms with Gasteiger partial charge in [0.1, 0.15) is 5.75 Å². The molecule has 1 heterocycles. The van der Waals surface area contributed by atoms with Gasteiger partial charge in [-0.2, -0.15) is 4.39 Å². The molecular weight excluding hydrogens is 243 g/mol. The summed E-state index contributed by atoms with van der Waals surface area (Å²) in [5.41, 5.74) is 0. The lowest BCUT2D eigenvalue weighted by molar-refractivity contribution is 0.482. The van der Waals surface area contributed by atoms with Crippen LogP contribution in [0.3, 0.4) is 0 Å². The van der Waals surface area contributed by atoms with Gasteiger partial charge in [-0.15, -0.1) is 11.3 Å². The third kappa shape index (κ3) is 1.21. The van der Waals surface area contributed by atoms with E-state index in [0.29, 0.717) is 4.70 Å². The summed E-state index contributed by atoms with van der Waals surface area (Å²) >= 11 is 4.16. The Kier molecular flexibility index (Phi) is 1.81. The minimum Gasteiger partial charge on any atom is -0.506 e. The van der Waals surface area contributed by atoms with Crippen LogP contribution in [0.2, 0.25) is 0 Å². The molecule has 4 heteroatoms. The van der Waals surface area contributed by atoms with E-state index in [4.69, 9.17) is 0 Å². The maximum Gasteiger partial charge on any atom is 0.177 e. The van der Waals surface area contributed by atoms with Gasteiger partial charge in [-0.3, -0.25) is 0 Å². The van der Waals surface area contributed by atoms with Gasteiger partial charge in [-0.05, 0) is 18.2 Å². The van der Waals surface area contributed by atoms with Crippen LogP contribution < -0.4 is 0 Å². The smallest absolute Gasteiger partial charge is 0.177 e. The molecule has 0 saturated carbocycles. The number of fused-ring (bicyclic) bond motifs is 1. The molecule has 1 N–H and O–H groups in total. The van der Waals surface area contributed by atoms with Crippen molar-refractivity contribution in [2.24, 2.45) is 0 Å². The van der Waals surface area contributed by atoms with Crippen LogP contribution in [0.1, 0.15) is 0 Å². The van der Waals surface area contributed by atoms with Gasteiger partial charge in [0.25, 0.3) is 0 Å². The molecule has 0 bridgehead atoms. The Bertz CT molecular complexity index is 438. The van der Waals surface area contributed by atoms with Crippen LogP contribution in [0, 0.1) is 5.13 Å². The van der Waals surface area contributed by atoms with E-state index in [1.54, 1.807) is 12.1 Å². The Balaban J connectivity index is 2.88. The number of rotatable bonds is 0. The maximum atomic E-state index is 12.7. The molecule has 0 aliphatic rings. The number of hydrogen-bond acceptors (Lipinski definition) is 2. The standard InChI is InChI=1S/C8H4BrFOS/c9-5-1-4-2-7(10)12-8(4)6(11)3-5/h1-3,11H. The molecule has 0 saturated heterocycles. The van der Waals surface area contributed by atoms with Gasteiger partial charge in [0.15, 0.2) is 5.13 Å². The van der Waals surface area contributed by atoms with Crippen LogP contribution in [0.4, 0.5) is 4.39 Å². The number of phenols is 1. The summed E-state index contributed by atoms with van der Waals surface area (Å²) < 4.78 is 14.1. The number of thiophene rings is 1. The second-order valence-corrected chi connectivity index (χ2v) is 4.31. The molecule has 12 heavy (non-hydrogen) atoms. The first-order valence-corrected chi connectivity index (χ1v) is 4.85. The lowest BCUT2D eigenvalue weighted by atomic mass is 10.2. The molecule has 2 rings (SSSR count). The van der Waals surface area contributed by atoms with Crippen LogP contribution in [0.25, 0.3) is 10.1 Å². The van der Waals surface area contributed by atoms with Crippen molar-refractivity contribution in [3.05, 3.63) is 27.8 Å². The van der Waals surface area contributed by atoms with Crippen molar-refractivity contribution in [1.29, 1.82) is 0 Å². The second-order valence-electron chi connectivity index (χ2n) is 2.39. The second kappa shape index (κ2) is 2.71. The summed E-state index contributed by atoms with van der Waals surface area (Å²) in [6.45, 7) is 0. The van der Waals surface area contributed by atoms with Gasteiger partial charge in [0.2, 0.25) is 0 Å². The monoisotopic (exact) mass is 246 g/mol. The summed E-state index contributed by atoms with van der Waals surface area (Å²) in [6.07, 6.45) is 0. The van der Waals surface area contributed by atoms with Gasteiger partial charge < -0.3 is 5.11 Å². The SMILES string of the molecule is Oc1cc(Br)cc2cc(F)sc12. The molecule has 0 amide bonds. The van der Waals surface area contributed by atoms with Gasteiger partial charge in [0, 0.05) is 9.86 Å². The fourth-order valence-electron chi connectivity index (χ4n) is 1.07. The molecule has 0 atom stereocenters. The van der Waals surface area contributed by atoms with Gasteiger partial charge in [-0.1, -0.05) is 15.9 Å². The Morgan fingerprint density at radius 2 is 2.08 bits per heavy atom. The van der Waals surface area contributed by atoms with Gasteiger partial charge in [-0.25, -0.2) is 0 Å². The molecule has 1 aromatic carbocycles. The van der Waals surface area contributed by atoms with Crippen molar-refractivity contribution in [3.63, 3.8) is 0 Å². The van der Waals surface area contributed by atoms with Crippen LogP contribution in [-0.4, -0.2) is 5.11 Å². The lowest BCUT2D eigenvalue weighted by Crippen LogP contribution is -1.66. The summed E-state index contributed by atoms with van der Waals surface area (Å²) in [7, 11) is 0. The number of halogens is 2. The molecule has 0 spiro atoms. The van der Waals surface area contributed by atoms with E-state index < -0.39 is 0 Å². The topological polar surface area (TPSA) is 20.2 Å². The quantitative estimate of drug-likeness (QED) is 0.755. The highest BCUT2D eigenvalue weighted by molar-refractivity contribution is 9.10. The normalized spacial score (nSPS) is 10.8. The average molecular weight is 247 g/mol. The molecule has 2 aromatic rings. The highest BCUT2D eigenvalue weighted by Gasteiger charge is 2.06. The highest BCUT2D eigenvalue weighted by Crippen LogP contribution is 2.34. The van der Waals surface area contributed by atoms with E-state index in [-0.39, 0.29) is 10.9 Å². The Morgan fingerprint density at radius 3 is 2.83 bits per heavy atom. The average Bonchev–Trinajstić information content (AvgIpc) is 2.29. The number of phenolic OH excluding ortho intramolecular Hbond substituents is 1. The molecular formula is C8H4BrFOS. The van der Waals surface area contributed by atoms with Crippen molar-refractivity contribution < 1.29 is 9.50 Å². The molecule has 1 nitrogen and oxygen atoms in total. The fraction of sp³-hybridized carbons (Fsp3) is 0. The number of aromatic hydroxyl groups is 1. The van der Waals surface area contributed by atoms with E-state index in [2.05, 4.69) is 15.9 Å². The van der Waals surface area contributed by atoms with Crippen molar-refractivity contribution in [3.8, 4) is 5.75 Å². The first-order valence-electron chi connectivity index (χ1n) is 3.24. The van der Waals surface area contributed by atoms with Crippen molar-refractivity contribution in [2.75, 3.05) is 0 Å². The van der Waals surface area contributed by atoms with E-state index >= 15 is 0 Å². The van der Waals surface area contributed by atoms with Crippen molar-refractivity contribution in [1.82, 2.24) is 0 Å². The van der Waals surface area contributed by atoms with Crippen LogP contribution >= 0.6 is 27.3 Å². The van der Waals surface area contributed by atoms with Crippen molar-refractivity contribution >= 4 is 37.4 Å². The predicted octanol–water partition coefficient (Wildman–Crippen LogP) is 3.51. The highest BCUT2D eigenvalue weighted by atomic mass is 79.9. The molecule has 0 fully saturated rings. The zero-order valence-electron chi connectivity index (χ0n) is 5.84. The molecule has 0 aliphatic carbocycles. The van der Waals surface area contributed by atoms with Crippen LogP contribution in [0.5, 0.6) is 5.75 Å². The zero-order valence-corrected chi connectivity index (χ0v) is 8.25. The van der Waals surface area contributed by atoms with Gasteiger partial charge in [0.05, 0.1) is 4.70 Å². The number of hydrogen-bond donors (Lipinski definition) is 1. The third-order valence-corrected chi connectivity index (χ3v) is 2.95. The summed E-state index contributed by atoms with van der Waals surface area (Å²) in [5, 5.41) is 9.83. The van der Waals surface area contributed by atoms with Crippen LogP contribution in [-0.2, 0) is 0 Å². The first kappa shape index (κ1) is 8.01. The Morgan fingerprint density at radius 1 is 1.33 bits per heavy atom. The maximum absolute atomic E-state index is 12.7. The Labute approximate surface area is 80.6 Å². The first-order chi connectivity index (χ1) is 5.66. The minimum absolute atomic E-state index is 0.119. The van der Waals surface area contributed by atoms with E-state index in [0.717, 1.165) is 21.2 Å². The molecule has 1 aromatic heterocycles.